The molecule has 0 spiro atoms. The van der Waals surface area contributed by atoms with Crippen molar-refractivity contribution in [3.8, 4) is 11.8 Å². The van der Waals surface area contributed by atoms with Crippen molar-refractivity contribution in [3.05, 3.63) is 64.7 Å². The molecule has 1 unspecified atom stereocenters. The van der Waals surface area contributed by atoms with E-state index in [2.05, 4.69) is 46.8 Å². The van der Waals surface area contributed by atoms with E-state index in [1.807, 2.05) is 25.1 Å². The third kappa shape index (κ3) is 6.50. The van der Waals surface area contributed by atoms with Gasteiger partial charge < -0.3 is 20.1 Å². The van der Waals surface area contributed by atoms with Crippen molar-refractivity contribution < 1.29 is 9.47 Å². The fourth-order valence-corrected chi connectivity index (χ4v) is 3.29. The van der Waals surface area contributed by atoms with Crippen LogP contribution in [0.1, 0.15) is 35.6 Å². The first-order valence-electron chi connectivity index (χ1n) is 10.5. The number of guanidine groups is 1. The van der Waals surface area contributed by atoms with E-state index < -0.39 is 0 Å². The summed E-state index contributed by atoms with van der Waals surface area (Å²) in [6.45, 7) is 8.29. The summed E-state index contributed by atoms with van der Waals surface area (Å²) in [5.41, 5.74) is 3.92. The van der Waals surface area contributed by atoms with Crippen LogP contribution in [0.4, 0.5) is 0 Å². The van der Waals surface area contributed by atoms with E-state index in [-0.39, 0.29) is 0 Å². The van der Waals surface area contributed by atoms with Crippen LogP contribution in [0, 0.1) is 24.2 Å². The molecule has 2 aromatic carbocycles. The molecular weight excluding hydrogens is 376 g/mol. The van der Waals surface area contributed by atoms with E-state index >= 15 is 0 Å². The van der Waals surface area contributed by atoms with Gasteiger partial charge in [0.15, 0.2) is 5.96 Å². The summed E-state index contributed by atoms with van der Waals surface area (Å²) in [5.74, 6) is 2.11. The van der Waals surface area contributed by atoms with Gasteiger partial charge in [-0.15, -0.1) is 0 Å². The van der Waals surface area contributed by atoms with Gasteiger partial charge in [0.05, 0.1) is 31.4 Å². The van der Waals surface area contributed by atoms with Crippen molar-refractivity contribution >= 4 is 5.96 Å². The maximum atomic E-state index is 9.06. The lowest BCUT2D eigenvalue weighted by Gasteiger charge is -2.17. The molecule has 0 saturated carbocycles. The maximum Gasteiger partial charge on any atom is 0.191 e. The van der Waals surface area contributed by atoms with E-state index in [0.717, 1.165) is 49.0 Å². The van der Waals surface area contributed by atoms with Crippen molar-refractivity contribution in [1.29, 1.82) is 5.26 Å². The largest absolute Gasteiger partial charge is 0.493 e. The van der Waals surface area contributed by atoms with Crippen molar-refractivity contribution in [3.63, 3.8) is 0 Å². The molecule has 0 bridgehead atoms. The predicted molar refractivity (Wildman–Crippen MR) is 118 cm³/mol. The average Bonchev–Trinajstić information content (AvgIpc) is 3.29. The quantitative estimate of drug-likeness (QED) is 0.518. The fourth-order valence-electron chi connectivity index (χ4n) is 3.29. The number of nitrogens with zero attached hydrogens (tertiary/aromatic N) is 2. The first-order valence-corrected chi connectivity index (χ1v) is 10.5. The normalized spacial score (nSPS) is 16.2. The van der Waals surface area contributed by atoms with E-state index in [1.54, 1.807) is 6.07 Å². The van der Waals surface area contributed by atoms with Gasteiger partial charge in [0.25, 0.3) is 0 Å². The Hall–Kier alpha value is -3.04. The molecule has 6 heteroatoms. The number of nitrogens with one attached hydrogen (secondary N) is 2. The predicted octanol–water partition coefficient (Wildman–Crippen LogP) is 3.54. The molecule has 0 radical (unpaired) electrons. The lowest BCUT2D eigenvalue weighted by Crippen LogP contribution is -2.36. The fraction of sp³-hybridized carbons (Fsp3) is 0.417. The minimum Gasteiger partial charge on any atom is -0.493 e. The molecule has 1 saturated heterocycles. The lowest BCUT2D eigenvalue weighted by molar-refractivity contribution is 0.166. The lowest BCUT2D eigenvalue weighted by atomic mass is 10.1. The van der Waals surface area contributed by atoms with Crippen molar-refractivity contribution in [1.82, 2.24) is 10.6 Å². The van der Waals surface area contributed by atoms with Crippen LogP contribution in [-0.4, -0.2) is 32.3 Å². The second-order valence-electron chi connectivity index (χ2n) is 7.51. The molecule has 0 aliphatic carbocycles. The maximum absolute atomic E-state index is 9.06. The summed E-state index contributed by atoms with van der Waals surface area (Å²) < 4.78 is 11.6. The van der Waals surface area contributed by atoms with E-state index in [9.17, 15) is 0 Å². The average molecular weight is 407 g/mol. The standard InChI is InChI=1S/C24H30N4O2/c1-3-26-24(27-14-20-6-4-5-19(12-20)13-25)28-15-22-8-7-18(2)11-23(22)30-17-21-9-10-29-16-21/h4-8,11-12,21H,3,9-10,14-17H2,1-2H3,(H2,26,27,28). The van der Waals surface area contributed by atoms with Crippen LogP contribution >= 0.6 is 0 Å². The zero-order chi connectivity index (χ0) is 21.2. The summed E-state index contributed by atoms with van der Waals surface area (Å²) >= 11 is 0. The molecule has 1 aliphatic rings. The van der Waals surface area contributed by atoms with Crippen LogP contribution in [0.3, 0.4) is 0 Å². The highest BCUT2D eigenvalue weighted by Gasteiger charge is 2.17. The van der Waals surface area contributed by atoms with Gasteiger partial charge in [-0.3, -0.25) is 0 Å². The molecule has 0 aromatic heterocycles. The molecule has 2 N–H and O–H groups in total. The molecule has 3 rings (SSSR count). The van der Waals surface area contributed by atoms with E-state index in [0.29, 0.717) is 31.2 Å². The van der Waals surface area contributed by atoms with Gasteiger partial charge in [-0.25, -0.2) is 4.99 Å². The number of ether oxygens (including phenoxy) is 2. The number of hydrogen-bond acceptors (Lipinski definition) is 4. The molecular formula is C24H30N4O2. The summed E-state index contributed by atoms with van der Waals surface area (Å²) in [5, 5.41) is 15.7. The minimum atomic E-state index is 0.467. The molecule has 6 nitrogen and oxygen atoms in total. The van der Waals surface area contributed by atoms with Gasteiger partial charge in [-0.1, -0.05) is 24.3 Å². The van der Waals surface area contributed by atoms with E-state index in [1.165, 1.54) is 5.56 Å². The first-order chi connectivity index (χ1) is 14.7. The number of aliphatic imine (C=N–C) groups is 1. The summed E-state index contributed by atoms with van der Waals surface area (Å²) in [7, 11) is 0. The molecule has 0 amide bonds. The minimum absolute atomic E-state index is 0.467. The highest BCUT2D eigenvalue weighted by atomic mass is 16.5. The number of rotatable bonds is 8. The molecule has 2 aromatic rings. The summed E-state index contributed by atoms with van der Waals surface area (Å²) in [6.07, 6.45) is 1.06. The Balaban J connectivity index is 1.63. The second kappa shape index (κ2) is 11.2. The Morgan fingerprint density at radius 1 is 1.27 bits per heavy atom. The van der Waals surface area contributed by atoms with Crippen LogP contribution in [0.15, 0.2) is 47.5 Å². The summed E-state index contributed by atoms with van der Waals surface area (Å²) in [4.78, 5) is 4.66. The third-order valence-electron chi connectivity index (χ3n) is 4.99. The molecule has 1 atom stereocenters. The van der Waals surface area contributed by atoms with Crippen LogP contribution < -0.4 is 15.4 Å². The van der Waals surface area contributed by atoms with Gasteiger partial charge in [0, 0.05) is 31.2 Å². The zero-order valence-electron chi connectivity index (χ0n) is 17.8. The highest BCUT2D eigenvalue weighted by Crippen LogP contribution is 2.22. The Labute approximate surface area is 178 Å². The number of nitriles is 1. The Bertz CT molecular complexity index is 898. The Morgan fingerprint density at radius 3 is 2.93 bits per heavy atom. The van der Waals surface area contributed by atoms with Gasteiger partial charge in [-0.2, -0.15) is 5.26 Å². The number of benzene rings is 2. The van der Waals surface area contributed by atoms with Gasteiger partial charge in [0.1, 0.15) is 5.75 Å². The number of aryl methyl sites for hydroxylation is 1. The smallest absolute Gasteiger partial charge is 0.191 e. The third-order valence-corrected chi connectivity index (χ3v) is 4.99. The van der Waals surface area contributed by atoms with Crippen LogP contribution in [0.25, 0.3) is 0 Å². The van der Waals surface area contributed by atoms with Crippen LogP contribution in [-0.2, 0) is 17.8 Å². The van der Waals surface area contributed by atoms with Crippen molar-refractivity contribution in [2.75, 3.05) is 26.4 Å². The monoisotopic (exact) mass is 406 g/mol. The Kier molecular flexibility index (Phi) is 8.10. The van der Waals surface area contributed by atoms with Crippen molar-refractivity contribution in [2.24, 2.45) is 10.9 Å². The first kappa shape index (κ1) is 21.7. The zero-order valence-corrected chi connectivity index (χ0v) is 17.8. The van der Waals surface area contributed by atoms with Gasteiger partial charge >= 0.3 is 0 Å². The van der Waals surface area contributed by atoms with Gasteiger partial charge in [-0.05, 0) is 49.6 Å². The van der Waals surface area contributed by atoms with E-state index in [4.69, 9.17) is 14.7 Å². The SMILES string of the molecule is CCNC(=NCc1cccc(C#N)c1)NCc1ccc(C)cc1OCC1CCOC1. The second-order valence-corrected chi connectivity index (χ2v) is 7.51. The molecule has 1 aliphatic heterocycles. The topological polar surface area (TPSA) is 78.7 Å². The van der Waals surface area contributed by atoms with Crippen LogP contribution in [0.2, 0.25) is 0 Å². The summed E-state index contributed by atoms with van der Waals surface area (Å²) in [6, 6.07) is 16.0. The number of hydrogen-bond donors (Lipinski definition) is 2. The van der Waals surface area contributed by atoms with Gasteiger partial charge in [0.2, 0.25) is 0 Å². The highest BCUT2D eigenvalue weighted by molar-refractivity contribution is 5.79. The molecule has 158 valence electrons. The molecule has 1 heterocycles. The Morgan fingerprint density at radius 2 is 2.17 bits per heavy atom. The van der Waals surface area contributed by atoms with Crippen molar-refractivity contribution in [2.45, 2.75) is 33.4 Å². The molecule has 1 fully saturated rings. The van der Waals surface area contributed by atoms with Crippen LogP contribution in [0.5, 0.6) is 5.75 Å². The molecule has 30 heavy (non-hydrogen) atoms.